The molecular formula is C30H32N6O5S. The van der Waals surface area contributed by atoms with Crippen LogP contribution >= 0.6 is 11.3 Å². The topological polar surface area (TPSA) is 135 Å². The van der Waals surface area contributed by atoms with Gasteiger partial charge in [-0.05, 0) is 36.8 Å². The zero-order chi connectivity index (χ0) is 27.8. The molecule has 2 aliphatic rings. The molecule has 0 unspecified atom stereocenters. The van der Waals surface area contributed by atoms with Crippen LogP contribution in [0.2, 0.25) is 0 Å². The van der Waals surface area contributed by atoms with Gasteiger partial charge in [0.15, 0.2) is 0 Å². The number of amides is 4. The quantitative estimate of drug-likeness (QED) is 0.241. The van der Waals surface area contributed by atoms with Crippen molar-refractivity contribution in [3.8, 4) is 11.6 Å². The van der Waals surface area contributed by atoms with Crippen LogP contribution in [-0.2, 0) is 9.53 Å². The summed E-state index contributed by atoms with van der Waals surface area (Å²) in [6.07, 6.45) is 4.36. The van der Waals surface area contributed by atoms with Crippen LogP contribution < -0.4 is 25.6 Å². The third-order valence-corrected chi connectivity index (χ3v) is 7.72. The zero-order valence-electron chi connectivity index (χ0n) is 21.3. The van der Waals surface area contributed by atoms with Crippen molar-refractivity contribution in [2.75, 3.05) is 23.4 Å². The number of anilines is 3. The van der Waals surface area contributed by atoms with Crippen LogP contribution in [0, 0.1) is 6.92 Å². The zero-order valence-corrected chi connectivity index (χ0v) is 22.2. The summed E-state index contributed by atoms with van der Waals surface area (Å²) >= 11 is 1.18. The Hall–Kier alpha value is -4.81. The van der Waals surface area contributed by atoms with Gasteiger partial charge >= 0.3 is 6.03 Å². The molecular weight excluding hydrogens is 556 g/mol. The van der Waals surface area contributed by atoms with Crippen molar-refractivity contribution < 1.29 is 23.9 Å². The second-order valence-electron chi connectivity index (χ2n) is 9.24. The first-order valence-corrected chi connectivity index (χ1v) is 13.3. The minimum Gasteiger partial charge on any atom is -0.439 e. The monoisotopic (exact) mass is 588 g/mol. The number of benzene rings is 1. The number of aromatic nitrogens is 2. The third-order valence-electron chi connectivity index (χ3n) is 6.63. The van der Waals surface area contributed by atoms with Gasteiger partial charge in [-0.2, -0.15) is 0 Å². The maximum Gasteiger partial charge on any atom is 0.331 e. The van der Waals surface area contributed by atoms with E-state index in [1.807, 2.05) is 37.3 Å². The Labute approximate surface area is 247 Å². The van der Waals surface area contributed by atoms with E-state index in [-0.39, 0.29) is 34.0 Å². The number of nitrogens with one attached hydrogen (secondary N) is 3. The molecule has 5 heterocycles. The standard InChI is InChI=1S/C28H24N6O5S.2CH4/c1-3-21(35)31-17-13-38-14-18(17)32-26(36)25-24-23-19(9-10-29-27(23)40-25)34(28(37)33-24)20-12-30-22(11-15(20)2)39-16-7-5-4-6-8-16;;/h3-12,17-18H,1,13-14H2,2H3,(H,31,35)(H,32,36)(H,33,37);2*1H4/t17-,18+;;/m1../s1. The minimum absolute atomic E-state index is 0. The number of aryl methyl sites for hydroxylation is 1. The maximum atomic E-state index is 13.5. The fourth-order valence-corrected chi connectivity index (χ4v) is 5.74. The SMILES string of the molecule is C.C.C=CC(=O)N[C@@H]1COC[C@@H]1NC(=O)c1sc2nccc3c2c1NC(=O)N3c1cnc(Oc2ccccc2)cc1C. The number of ether oxygens (including phenoxy) is 2. The van der Waals surface area contributed by atoms with Crippen LogP contribution in [0.4, 0.5) is 21.9 Å². The van der Waals surface area contributed by atoms with Crippen LogP contribution in [0.3, 0.4) is 0 Å². The number of urea groups is 1. The van der Waals surface area contributed by atoms with Gasteiger partial charge in [0.05, 0.1) is 53.9 Å². The first kappa shape index (κ1) is 30.2. The van der Waals surface area contributed by atoms with Gasteiger partial charge < -0.3 is 25.4 Å². The highest BCUT2D eigenvalue weighted by molar-refractivity contribution is 7.21. The molecule has 0 radical (unpaired) electrons. The predicted octanol–water partition coefficient (Wildman–Crippen LogP) is 5.55. The van der Waals surface area contributed by atoms with E-state index in [1.165, 1.54) is 22.3 Å². The lowest BCUT2D eigenvalue weighted by atomic mass is 10.1. The van der Waals surface area contributed by atoms with E-state index in [4.69, 9.17) is 9.47 Å². The molecule has 1 aromatic carbocycles. The van der Waals surface area contributed by atoms with Crippen LogP contribution in [0.1, 0.15) is 30.1 Å². The number of hydrogen-bond acceptors (Lipinski definition) is 8. The van der Waals surface area contributed by atoms with Crippen molar-refractivity contribution in [2.24, 2.45) is 0 Å². The highest BCUT2D eigenvalue weighted by atomic mass is 32.1. The predicted molar refractivity (Wildman–Crippen MR) is 164 cm³/mol. The molecule has 3 aromatic heterocycles. The number of hydrogen-bond donors (Lipinski definition) is 3. The van der Waals surface area contributed by atoms with Gasteiger partial charge in [0.2, 0.25) is 11.8 Å². The molecule has 42 heavy (non-hydrogen) atoms. The summed E-state index contributed by atoms with van der Waals surface area (Å²) in [7, 11) is 0. The van der Waals surface area contributed by atoms with Gasteiger partial charge in [0, 0.05) is 12.3 Å². The molecule has 0 saturated carbocycles. The van der Waals surface area contributed by atoms with E-state index in [2.05, 4.69) is 32.5 Å². The molecule has 2 aliphatic heterocycles. The Balaban J connectivity index is 0.00000202. The third kappa shape index (κ3) is 5.54. The number of para-hydroxylation sites is 1. The second-order valence-corrected chi connectivity index (χ2v) is 10.2. The Bertz CT molecular complexity index is 1660. The molecule has 1 saturated heterocycles. The molecule has 6 rings (SSSR count). The van der Waals surface area contributed by atoms with Gasteiger partial charge in [-0.15, -0.1) is 11.3 Å². The molecule has 4 aromatic rings. The Morgan fingerprint density at radius 3 is 2.57 bits per heavy atom. The van der Waals surface area contributed by atoms with Crippen LogP contribution in [0.5, 0.6) is 11.6 Å². The minimum atomic E-state index is -0.442. The van der Waals surface area contributed by atoms with E-state index in [0.717, 1.165) is 5.56 Å². The first-order chi connectivity index (χ1) is 19.4. The van der Waals surface area contributed by atoms with Crippen LogP contribution in [0.25, 0.3) is 10.2 Å². The second kappa shape index (κ2) is 12.4. The van der Waals surface area contributed by atoms with Crippen molar-refractivity contribution in [2.45, 2.75) is 33.9 Å². The van der Waals surface area contributed by atoms with Crippen LogP contribution in [-0.4, -0.2) is 53.1 Å². The van der Waals surface area contributed by atoms with Crippen molar-refractivity contribution in [3.05, 3.63) is 78.0 Å². The summed E-state index contributed by atoms with van der Waals surface area (Å²) < 4.78 is 11.3. The van der Waals surface area contributed by atoms with Crippen molar-refractivity contribution in [3.63, 3.8) is 0 Å². The van der Waals surface area contributed by atoms with Crippen molar-refractivity contribution >= 4 is 56.5 Å². The van der Waals surface area contributed by atoms with E-state index in [1.54, 1.807) is 24.5 Å². The summed E-state index contributed by atoms with van der Waals surface area (Å²) in [6, 6.07) is 11.5. The van der Waals surface area contributed by atoms with E-state index < -0.39 is 24.0 Å². The summed E-state index contributed by atoms with van der Waals surface area (Å²) in [6.45, 7) is 5.84. The normalized spacial score (nSPS) is 17.0. The van der Waals surface area contributed by atoms with Crippen LogP contribution in [0.15, 0.2) is 67.5 Å². The number of carbonyl (C=O) groups excluding carboxylic acids is 3. The molecule has 4 amide bonds. The lowest BCUT2D eigenvalue weighted by Crippen LogP contribution is -2.50. The molecule has 11 nitrogen and oxygen atoms in total. The number of nitrogens with zero attached hydrogens (tertiary/aromatic N) is 3. The van der Waals surface area contributed by atoms with E-state index >= 15 is 0 Å². The van der Waals surface area contributed by atoms with Crippen molar-refractivity contribution in [1.29, 1.82) is 0 Å². The number of thiophene rings is 1. The molecule has 12 heteroatoms. The molecule has 2 atom stereocenters. The maximum absolute atomic E-state index is 13.5. The summed E-state index contributed by atoms with van der Waals surface area (Å²) in [5, 5.41) is 9.23. The fraction of sp³-hybridized carbons (Fsp3) is 0.233. The Morgan fingerprint density at radius 2 is 1.86 bits per heavy atom. The van der Waals surface area contributed by atoms with Gasteiger partial charge in [0.1, 0.15) is 15.5 Å². The fourth-order valence-electron chi connectivity index (χ4n) is 4.72. The molecule has 0 aliphatic carbocycles. The Morgan fingerprint density at radius 1 is 1.12 bits per heavy atom. The highest BCUT2D eigenvalue weighted by Crippen LogP contribution is 2.46. The van der Waals surface area contributed by atoms with Crippen molar-refractivity contribution in [1.82, 2.24) is 20.6 Å². The van der Waals surface area contributed by atoms with Gasteiger partial charge in [-0.3, -0.25) is 14.5 Å². The van der Waals surface area contributed by atoms with Gasteiger partial charge in [-0.1, -0.05) is 39.6 Å². The summed E-state index contributed by atoms with van der Waals surface area (Å²) in [4.78, 5) is 49.9. The highest BCUT2D eigenvalue weighted by Gasteiger charge is 2.36. The average Bonchev–Trinajstić information content (AvgIpc) is 3.55. The van der Waals surface area contributed by atoms with E-state index in [0.29, 0.717) is 43.8 Å². The molecule has 1 fully saturated rings. The number of carbonyl (C=O) groups is 3. The first-order valence-electron chi connectivity index (χ1n) is 12.5. The summed E-state index contributed by atoms with van der Waals surface area (Å²) in [5.74, 6) is 0.308. The Kier molecular flexibility index (Phi) is 8.88. The lowest BCUT2D eigenvalue weighted by Gasteiger charge is -2.29. The molecule has 3 N–H and O–H groups in total. The molecule has 0 spiro atoms. The largest absolute Gasteiger partial charge is 0.439 e. The van der Waals surface area contributed by atoms with Gasteiger partial charge in [-0.25, -0.2) is 14.8 Å². The van der Waals surface area contributed by atoms with E-state index in [9.17, 15) is 14.4 Å². The molecule has 0 bridgehead atoms. The lowest BCUT2D eigenvalue weighted by molar-refractivity contribution is -0.117. The molecule has 218 valence electrons. The van der Waals surface area contributed by atoms with Gasteiger partial charge in [0.25, 0.3) is 5.91 Å². The average molecular weight is 589 g/mol. The number of pyridine rings is 2. The summed E-state index contributed by atoms with van der Waals surface area (Å²) in [5.41, 5.74) is 2.31. The smallest absolute Gasteiger partial charge is 0.331 e. The number of rotatable bonds is 7.